The first-order valence-electron chi connectivity index (χ1n) is 7.66. The van der Waals surface area contributed by atoms with Gasteiger partial charge in [-0.1, -0.05) is 50.1 Å². The second kappa shape index (κ2) is 5.82. The van der Waals surface area contributed by atoms with Crippen molar-refractivity contribution in [1.29, 1.82) is 0 Å². The van der Waals surface area contributed by atoms with E-state index in [0.29, 0.717) is 5.56 Å². The summed E-state index contributed by atoms with van der Waals surface area (Å²) >= 11 is 0. The van der Waals surface area contributed by atoms with Crippen LogP contribution in [0, 0.1) is 0 Å². The van der Waals surface area contributed by atoms with Crippen molar-refractivity contribution in [2.45, 2.75) is 38.7 Å². The Kier molecular flexibility index (Phi) is 3.89. The molecule has 2 heteroatoms. The molecule has 0 aliphatic heterocycles. The molecule has 1 aliphatic carbocycles. The Labute approximate surface area is 125 Å². The van der Waals surface area contributed by atoms with Crippen LogP contribution in [0.15, 0.2) is 42.0 Å². The molecule has 0 saturated carbocycles. The fourth-order valence-corrected chi connectivity index (χ4v) is 2.97. The summed E-state index contributed by atoms with van der Waals surface area (Å²) < 4.78 is 0. The summed E-state index contributed by atoms with van der Waals surface area (Å²) in [4.78, 5) is 12.4. The van der Waals surface area contributed by atoms with Crippen molar-refractivity contribution in [2.24, 2.45) is 0 Å². The van der Waals surface area contributed by atoms with Gasteiger partial charge in [-0.05, 0) is 46.9 Å². The van der Waals surface area contributed by atoms with Gasteiger partial charge in [-0.25, -0.2) is 0 Å². The van der Waals surface area contributed by atoms with Crippen LogP contribution in [0.5, 0.6) is 0 Å². The van der Waals surface area contributed by atoms with Gasteiger partial charge in [0, 0.05) is 5.56 Å². The highest BCUT2D eigenvalue weighted by Gasteiger charge is 2.27. The van der Waals surface area contributed by atoms with Crippen molar-refractivity contribution in [3.8, 4) is 0 Å². The number of aliphatic hydroxyl groups is 1. The second-order valence-corrected chi connectivity index (χ2v) is 5.73. The van der Waals surface area contributed by atoms with Crippen LogP contribution in [0.1, 0.15) is 48.5 Å². The summed E-state index contributed by atoms with van der Waals surface area (Å²) in [5.41, 5.74) is 2.44. The normalized spacial score (nSPS) is 17.7. The fraction of sp³-hybridized carbons (Fsp3) is 0.316. The van der Waals surface area contributed by atoms with Crippen molar-refractivity contribution in [2.75, 3.05) is 0 Å². The molecule has 0 heterocycles. The molecule has 1 atom stereocenters. The largest absolute Gasteiger partial charge is 0.380 e. The molecule has 3 rings (SSSR count). The van der Waals surface area contributed by atoms with E-state index in [1.807, 2.05) is 36.4 Å². The maximum absolute atomic E-state index is 12.4. The zero-order chi connectivity index (χ0) is 14.8. The van der Waals surface area contributed by atoms with Crippen molar-refractivity contribution in [3.05, 3.63) is 53.1 Å². The standard InChI is InChI=1S/C19H20O2/c1-2-3-4-9-15-11-16-10-13-7-5-6-8-14(13)12-17(16)19(21)18(15)20/h5-8,10-12,18,20H,2-4,9H2,1H3. The second-order valence-electron chi connectivity index (χ2n) is 5.73. The number of ketones is 1. The van der Waals surface area contributed by atoms with Gasteiger partial charge in [0.2, 0.25) is 0 Å². The van der Waals surface area contributed by atoms with Gasteiger partial charge in [-0.15, -0.1) is 0 Å². The molecule has 21 heavy (non-hydrogen) atoms. The number of rotatable bonds is 4. The predicted octanol–water partition coefficient (Wildman–Crippen LogP) is 4.36. The van der Waals surface area contributed by atoms with E-state index in [1.54, 1.807) is 0 Å². The third-order valence-electron chi connectivity index (χ3n) is 4.19. The maximum atomic E-state index is 12.4. The average molecular weight is 280 g/mol. The maximum Gasteiger partial charge on any atom is 0.196 e. The molecule has 0 amide bonds. The van der Waals surface area contributed by atoms with Gasteiger partial charge in [-0.3, -0.25) is 4.79 Å². The first kappa shape index (κ1) is 14.0. The highest BCUT2D eigenvalue weighted by atomic mass is 16.3. The minimum absolute atomic E-state index is 0.162. The summed E-state index contributed by atoms with van der Waals surface area (Å²) in [5.74, 6) is -0.162. The molecule has 0 fully saturated rings. The predicted molar refractivity (Wildman–Crippen MR) is 86.4 cm³/mol. The first-order valence-corrected chi connectivity index (χ1v) is 7.66. The lowest BCUT2D eigenvalue weighted by Crippen LogP contribution is -2.26. The van der Waals surface area contributed by atoms with Gasteiger partial charge in [0.25, 0.3) is 0 Å². The lowest BCUT2D eigenvalue weighted by molar-refractivity contribution is 0.0797. The highest BCUT2D eigenvalue weighted by molar-refractivity contribution is 6.09. The van der Waals surface area contributed by atoms with Crippen molar-refractivity contribution >= 4 is 22.6 Å². The Hall–Kier alpha value is -1.93. The molecule has 2 aromatic carbocycles. The molecular weight excluding hydrogens is 260 g/mol. The van der Waals surface area contributed by atoms with E-state index < -0.39 is 6.10 Å². The quantitative estimate of drug-likeness (QED) is 0.845. The molecule has 2 nitrogen and oxygen atoms in total. The summed E-state index contributed by atoms with van der Waals surface area (Å²) in [6, 6.07) is 12.0. The molecule has 108 valence electrons. The van der Waals surface area contributed by atoms with Crippen molar-refractivity contribution < 1.29 is 9.90 Å². The molecule has 0 aromatic heterocycles. The molecular formula is C19H20O2. The number of aliphatic hydroxyl groups excluding tert-OH is 1. The van der Waals surface area contributed by atoms with E-state index in [9.17, 15) is 9.90 Å². The van der Waals surface area contributed by atoms with Gasteiger partial charge in [0.15, 0.2) is 5.78 Å². The van der Waals surface area contributed by atoms with Crippen LogP contribution in [0.25, 0.3) is 16.8 Å². The Morgan fingerprint density at radius 1 is 1.10 bits per heavy atom. The zero-order valence-corrected chi connectivity index (χ0v) is 12.3. The topological polar surface area (TPSA) is 37.3 Å². The van der Waals surface area contributed by atoms with E-state index in [1.165, 1.54) is 0 Å². The van der Waals surface area contributed by atoms with Crippen molar-refractivity contribution in [3.63, 3.8) is 0 Å². The van der Waals surface area contributed by atoms with Gasteiger partial charge in [-0.2, -0.15) is 0 Å². The molecule has 0 bridgehead atoms. The third-order valence-corrected chi connectivity index (χ3v) is 4.19. The van der Waals surface area contributed by atoms with E-state index in [2.05, 4.69) is 13.0 Å². The molecule has 0 radical (unpaired) electrons. The Morgan fingerprint density at radius 3 is 2.52 bits per heavy atom. The number of Topliss-reactive ketones (excluding diaryl/α,β-unsaturated/α-hetero) is 1. The fourth-order valence-electron chi connectivity index (χ4n) is 2.97. The highest BCUT2D eigenvalue weighted by Crippen LogP contribution is 2.30. The summed E-state index contributed by atoms with van der Waals surface area (Å²) in [5, 5.41) is 12.4. The summed E-state index contributed by atoms with van der Waals surface area (Å²) in [7, 11) is 0. The average Bonchev–Trinajstić information content (AvgIpc) is 2.51. The van der Waals surface area contributed by atoms with Crippen LogP contribution < -0.4 is 0 Å². The Morgan fingerprint density at radius 2 is 1.81 bits per heavy atom. The lowest BCUT2D eigenvalue weighted by atomic mass is 9.85. The van der Waals surface area contributed by atoms with E-state index in [4.69, 9.17) is 0 Å². The van der Waals surface area contributed by atoms with Gasteiger partial charge in [0.05, 0.1) is 0 Å². The monoisotopic (exact) mass is 280 g/mol. The molecule has 0 saturated heterocycles. The molecule has 1 unspecified atom stereocenters. The van der Waals surface area contributed by atoms with Crippen LogP contribution >= 0.6 is 0 Å². The van der Waals surface area contributed by atoms with Crippen LogP contribution in [0.3, 0.4) is 0 Å². The van der Waals surface area contributed by atoms with Crippen LogP contribution in [-0.4, -0.2) is 17.0 Å². The van der Waals surface area contributed by atoms with Crippen LogP contribution in [0.2, 0.25) is 0 Å². The van der Waals surface area contributed by atoms with Crippen LogP contribution in [-0.2, 0) is 0 Å². The number of carbonyl (C=O) groups excluding carboxylic acids is 1. The Bertz CT molecular complexity index is 713. The molecule has 2 aromatic rings. The summed E-state index contributed by atoms with van der Waals surface area (Å²) in [6.45, 7) is 2.15. The zero-order valence-electron chi connectivity index (χ0n) is 12.3. The number of benzene rings is 2. The summed E-state index contributed by atoms with van der Waals surface area (Å²) in [6.07, 6.45) is 5.13. The SMILES string of the molecule is CCCCCC1=Cc2cc3ccccc3cc2C(=O)C1O. The van der Waals surface area contributed by atoms with Gasteiger partial charge < -0.3 is 5.11 Å². The molecule has 1 N–H and O–H groups in total. The van der Waals surface area contributed by atoms with E-state index in [-0.39, 0.29) is 5.78 Å². The minimum Gasteiger partial charge on any atom is -0.380 e. The molecule has 1 aliphatic rings. The molecule has 0 spiro atoms. The van der Waals surface area contributed by atoms with Gasteiger partial charge in [0.1, 0.15) is 6.10 Å². The smallest absolute Gasteiger partial charge is 0.196 e. The number of unbranched alkanes of at least 4 members (excludes halogenated alkanes) is 2. The van der Waals surface area contributed by atoms with Crippen LogP contribution in [0.4, 0.5) is 0 Å². The Balaban J connectivity index is 2.02. The first-order chi connectivity index (χ1) is 10.2. The number of hydrogen-bond donors (Lipinski definition) is 1. The van der Waals surface area contributed by atoms with E-state index in [0.717, 1.165) is 47.6 Å². The van der Waals surface area contributed by atoms with Crippen molar-refractivity contribution in [1.82, 2.24) is 0 Å². The minimum atomic E-state index is -0.962. The third kappa shape index (κ3) is 2.64. The number of fused-ring (bicyclic) bond motifs is 2. The van der Waals surface area contributed by atoms with Gasteiger partial charge >= 0.3 is 0 Å². The van der Waals surface area contributed by atoms with E-state index >= 15 is 0 Å². The number of carbonyl (C=O) groups is 1. The number of hydrogen-bond acceptors (Lipinski definition) is 2. The lowest BCUT2D eigenvalue weighted by Gasteiger charge is -2.21.